The van der Waals surface area contributed by atoms with Gasteiger partial charge in [-0.3, -0.25) is 14.8 Å². The van der Waals surface area contributed by atoms with Gasteiger partial charge in [-0.15, -0.1) is 0 Å². The van der Waals surface area contributed by atoms with Gasteiger partial charge in [0.1, 0.15) is 5.75 Å². The zero-order valence-corrected chi connectivity index (χ0v) is 22.3. The number of aryl methyl sites for hydroxylation is 2. The van der Waals surface area contributed by atoms with E-state index < -0.39 is 0 Å². The summed E-state index contributed by atoms with van der Waals surface area (Å²) in [6.07, 6.45) is 6.11. The molecule has 0 atom stereocenters. The minimum atomic E-state index is -0.0205. The third kappa shape index (κ3) is 5.93. The highest BCUT2D eigenvalue weighted by molar-refractivity contribution is 5.91. The van der Waals surface area contributed by atoms with Gasteiger partial charge in [0.2, 0.25) is 5.91 Å². The number of hydrogen-bond donors (Lipinski definition) is 1. The zero-order chi connectivity index (χ0) is 26.4. The van der Waals surface area contributed by atoms with Gasteiger partial charge in [-0.25, -0.2) is 0 Å². The summed E-state index contributed by atoms with van der Waals surface area (Å²) in [5.74, 6) is 2.17. The Morgan fingerprint density at radius 2 is 1.65 bits per heavy atom. The van der Waals surface area contributed by atoms with Crippen LogP contribution < -0.4 is 19.5 Å². The van der Waals surface area contributed by atoms with Gasteiger partial charge in [0.25, 0.3) is 0 Å². The summed E-state index contributed by atoms with van der Waals surface area (Å²) in [7, 11) is 4.98. The van der Waals surface area contributed by atoms with Crippen molar-refractivity contribution in [3.05, 3.63) is 65.1 Å². The molecule has 1 amide bonds. The van der Waals surface area contributed by atoms with Gasteiger partial charge >= 0.3 is 0 Å². The van der Waals surface area contributed by atoms with E-state index in [1.807, 2.05) is 30.5 Å². The van der Waals surface area contributed by atoms with Crippen molar-refractivity contribution >= 4 is 27.6 Å². The van der Waals surface area contributed by atoms with Crippen LogP contribution in [0.25, 0.3) is 21.7 Å². The number of pyridine rings is 2. The van der Waals surface area contributed by atoms with E-state index in [0.29, 0.717) is 24.5 Å². The first-order valence-electron chi connectivity index (χ1n) is 12.7. The molecule has 0 saturated carbocycles. The minimum Gasteiger partial charge on any atom is -0.497 e. The van der Waals surface area contributed by atoms with Crippen LogP contribution in [0.3, 0.4) is 0 Å². The largest absolute Gasteiger partial charge is 0.497 e. The van der Waals surface area contributed by atoms with E-state index >= 15 is 0 Å². The molecule has 1 N–H and O–H groups in total. The number of fused-ring (bicyclic) bond motifs is 2. The van der Waals surface area contributed by atoms with Crippen molar-refractivity contribution in [1.82, 2.24) is 15.3 Å². The number of methoxy groups -OCH3 is 3. The number of carbonyl (C=O) groups is 1. The van der Waals surface area contributed by atoms with Crippen molar-refractivity contribution < 1.29 is 19.0 Å². The Morgan fingerprint density at radius 1 is 0.892 bits per heavy atom. The molecule has 0 saturated heterocycles. The molecule has 2 aromatic carbocycles. The lowest BCUT2D eigenvalue weighted by Crippen LogP contribution is -2.21. The molecule has 0 aliphatic heterocycles. The van der Waals surface area contributed by atoms with E-state index in [-0.39, 0.29) is 5.91 Å². The fraction of sp³-hybridized carbons (Fsp3) is 0.367. The fourth-order valence-corrected chi connectivity index (χ4v) is 4.72. The Balaban J connectivity index is 1.81. The molecular formula is C30H35N3O4. The molecule has 4 aromatic rings. The standard InChI is InChI=1S/C30H35N3O4/c1-6-8-28-25-17-30(37-5)29(36-4)16-24(25)22(18-32-28)14-20-13-21-15-23(35-3)10-11-27(21)33-26(20)9-7-12-31-19(2)34/h10-11,13,15-18H,6-9,12,14H2,1-5H3,(H,31,34). The Kier molecular flexibility index (Phi) is 8.43. The molecule has 0 aliphatic carbocycles. The molecule has 194 valence electrons. The predicted octanol–water partition coefficient (Wildman–Crippen LogP) is 5.42. The Hall–Kier alpha value is -3.87. The topological polar surface area (TPSA) is 82.6 Å². The van der Waals surface area contributed by atoms with E-state index in [2.05, 4.69) is 24.4 Å². The molecule has 0 aliphatic rings. The molecule has 37 heavy (non-hydrogen) atoms. The second kappa shape index (κ2) is 11.9. The van der Waals surface area contributed by atoms with Crippen LogP contribution in [0, 0.1) is 0 Å². The minimum absolute atomic E-state index is 0.0205. The third-order valence-corrected chi connectivity index (χ3v) is 6.58. The van der Waals surface area contributed by atoms with Crippen molar-refractivity contribution in [1.29, 1.82) is 0 Å². The molecule has 0 radical (unpaired) electrons. The first kappa shape index (κ1) is 26.2. The average Bonchev–Trinajstić information content (AvgIpc) is 2.91. The number of rotatable bonds is 11. The second-order valence-electron chi connectivity index (χ2n) is 9.15. The third-order valence-electron chi connectivity index (χ3n) is 6.58. The Bertz CT molecular complexity index is 1420. The highest BCUT2D eigenvalue weighted by Gasteiger charge is 2.16. The van der Waals surface area contributed by atoms with E-state index in [9.17, 15) is 4.79 Å². The molecule has 2 heterocycles. The van der Waals surface area contributed by atoms with Crippen LogP contribution in [-0.2, 0) is 24.1 Å². The number of nitrogens with zero attached hydrogens (tertiary/aromatic N) is 2. The van der Waals surface area contributed by atoms with Crippen LogP contribution in [-0.4, -0.2) is 43.7 Å². The van der Waals surface area contributed by atoms with Crippen LogP contribution in [0.4, 0.5) is 0 Å². The van der Waals surface area contributed by atoms with Gasteiger partial charge < -0.3 is 19.5 Å². The summed E-state index contributed by atoms with van der Waals surface area (Å²) in [6.45, 7) is 4.31. The molecule has 2 aromatic heterocycles. The molecule has 0 bridgehead atoms. The van der Waals surface area contributed by atoms with Crippen molar-refractivity contribution in [2.24, 2.45) is 0 Å². The van der Waals surface area contributed by atoms with Crippen LogP contribution in [0.5, 0.6) is 17.2 Å². The normalized spacial score (nSPS) is 11.1. The summed E-state index contributed by atoms with van der Waals surface area (Å²) in [4.78, 5) is 21.2. The van der Waals surface area contributed by atoms with Crippen LogP contribution in [0.2, 0.25) is 0 Å². The number of benzene rings is 2. The van der Waals surface area contributed by atoms with Crippen molar-refractivity contribution in [3.63, 3.8) is 0 Å². The predicted molar refractivity (Wildman–Crippen MR) is 147 cm³/mol. The molecule has 7 nitrogen and oxygen atoms in total. The lowest BCUT2D eigenvalue weighted by Gasteiger charge is -2.16. The maximum Gasteiger partial charge on any atom is 0.216 e. The van der Waals surface area contributed by atoms with Crippen molar-refractivity contribution in [3.8, 4) is 17.2 Å². The van der Waals surface area contributed by atoms with Gasteiger partial charge in [0.15, 0.2) is 11.5 Å². The average molecular weight is 502 g/mol. The quantitative estimate of drug-likeness (QED) is 0.276. The number of amides is 1. The molecule has 0 spiro atoms. The Morgan fingerprint density at radius 3 is 2.32 bits per heavy atom. The molecule has 7 heteroatoms. The highest BCUT2D eigenvalue weighted by atomic mass is 16.5. The van der Waals surface area contributed by atoms with Gasteiger partial charge in [0, 0.05) is 48.2 Å². The van der Waals surface area contributed by atoms with E-state index in [1.54, 1.807) is 21.3 Å². The monoisotopic (exact) mass is 501 g/mol. The molecule has 4 rings (SSSR count). The van der Waals surface area contributed by atoms with E-state index in [1.165, 1.54) is 6.92 Å². The maximum atomic E-state index is 11.3. The van der Waals surface area contributed by atoms with Gasteiger partial charge in [-0.1, -0.05) is 13.3 Å². The van der Waals surface area contributed by atoms with Crippen molar-refractivity contribution in [2.45, 2.75) is 46.0 Å². The highest BCUT2D eigenvalue weighted by Crippen LogP contribution is 2.36. The first-order chi connectivity index (χ1) is 18.0. The Labute approximate surface area is 218 Å². The van der Waals surface area contributed by atoms with Gasteiger partial charge in [0.05, 0.1) is 26.8 Å². The number of aromatic nitrogens is 2. The van der Waals surface area contributed by atoms with E-state index in [4.69, 9.17) is 24.2 Å². The van der Waals surface area contributed by atoms with Crippen LogP contribution in [0.15, 0.2) is 42.6 Å². The summed E-state index contributed by atoms with van der Waals surface area (Å²) < 4.78 is 16.7. The zero-order valence-electron chi connectivity index (χ0n) is 22.3. The number of hydrogen-bond acceptors (Lipinski definition) is 6. The number of nitrogens with one attached hydrogen (secondary N) is 1. The van der Waals surface area contributed by atoms with E-state index in [0.717, 1.165) is 75.6 Å². The maximum absolute atomic E-state index is 11.3. The number of ether oxygens (including phenoxy) is 3. The summed E-state index contributed by atoms with van der Waals surface area (Å²) >= 11 is 0. The molecule has 0 unspecified atom stereocenters. The van der Waals surface area contributed by atoms with Gasteiger partial charge in [-0.05, 0) is 72.2 Å². The second-order valence-corrected chi connectivity index (χ2v) is 9.15. The van der Waals surface area contributed by atoms with Crippen LogP contribution in [0.1, 0.15) is 49.2 Å². The molecular weight excluding hydrogens is 466 g/mol. The smallest absolute Gasteiger partial charge is 0.216 e. The SMILES string of the molecule is CCCc1ncc(Cc2cc3cc(OC)ccc3nc2CCCNC(C)=O)c2cc(OC)c(OC)cc12. The van der Waals surface area contributed by atoms with Crippen LogP contribution >= 0.6 is 0 Å². The van der Waals surface area contributed by atoms with Gasteiger partial charge in [-0.2, -0.15) is 0 Å². The lowest BCUT2D eigenvalue weighted by atomic mass is 9.95. The summed E-state index contributed by atoms with van der Waals surface area (Å²) in [6, 6.07) is 12.2. The first-order valence-corrected chi connectivity index (χ1v) is 12.7. The molecule has 0 fully saturated rings. The number of carbonyl (C=O) groups excluding carboxylic acids is 1. The van der Waals surface area contributed by atoms with Crippen molar-refractivity contribution in [2.75, 3.05) is 27.9 Å². The summed E-state index contributed by atoms with van der Waals surface area (Å²) in [5.41, 5.74) is 5.23. The fourth-order valence-electron chi connectivity index (χ4n) is 4.72. The lowest BCUT2D eigenvalue weighted by molar-refractivity contribution is -0.118. The summed E-state index contributed by atoms with van der Waals surface area (Å²) in [5, 5.41) is 6.10.